The molecule has 1 saturated heterocycles. The Morgan fingerprint density at radius 1 is 1.11 bits per heavy atom. The van der Waals surface area contributed by atoms with Crippen molar-refractivity contribution in [1.29, 1.82) is 0 Å². The number of hydrogen-bond acceptors (Lipinski definition) is 7. The molecule has 150 valence electrons. The van der Waals surface area contributed by atoms with E-state index in [2.05, 4.69) is 0 Å². The van der Waals surface area contributed by atoms with Crippen LogP contribution in [0.5, 0.6) is 0 Å². The molecule has 1 heterocycles. The lowest BCUT2D eigenvalue weighted by Gasteiger charge is -2.38. The van der Waals surface area contributed by atoms with Gasteiger partial charge in [0.1, 0.15) is 5.57 Å². The van der Waals surface area contributed by atoms with Gasteiger partial charge in [0, 0.05) is 49.3 Å². The van der Waals surface area contributed by atoms with E-state index in [1.54, 1.807) is 6.07 Å². The number of rotatable bonds is 5. The van der Waals surface area contributed by atoms with Crippen LogP contribution in [0.3, 0.4) is 0 Å². The summed E-state index contributed by atoms with van der Waals surface area (Å²) >= 11 is 0. The fourth-order valence-electron chi connectivity index (χ4n) is 3.74. The van der Waals surface area contributed by atoms with E-state index in [-0.39, 0.29) is 11.3 Å². The second-order valence-electron chi connectivity index (χ2n) is 6.98. The summed E-state index contributed by atoms with van der Waals surface area (Å²) in [4.78, 5) is 37.8. The highest BCUT2D eigenvalue weighted by atomic mass is 16.7. The van der Waals surface area contributed by atoms with Gasteiger partial charge < -0.3 is 14.4 Å². The summed E-state index contributed by atoms with van der Waals surface area (Å²) in [5, 5.41) is 11.2. The van der Waals surface area contributed by atoms with Crippen LogP contribution >= 0.6 is 0 Å². The molecule has 0 N–H and O–H groups in total. The molecule has 1 spiro atoms. The van der Waals surface area contributed by atoms with Gasteiger partial charge in [0.15, 0.2) is 0 Å². The lowest BCUT2D eigenvalue weighted by Crippen LogP contribution is -2.47. The van der Waals surface area contributed by atoms with Gasteiger partial charge in [-0.2, -0.15) is 0 Å². The minimum absolute atomic E-state index is 0.121. The van der Waals surface area contributed by atoms with Crippen molar-refractivity contribution in [1.82, 2.24) is 0 Å². The Bertz CT molecular complexity index is 800. The number of carbonyl (C=O) groups excluding carboxylic acids is 2. The van der Waals surface area contributed by atoms with Crippen LogP contribution in [-0.4, -0.2) is 35.7 Å². The van der Waals surface area contributed by atoms with Crippen LogP contribution < -0.4 is 4.90 Å². The van der Waals surface area contributed by atoms with E-state index in [9.17, 15) is 19.7 Å². The summed E-state index contributed by atoms with van der Waals surface area (Å²) in [6, 6.07) is 4.38. The molecular weight excluding hydrogens is 364 g/mol. The predicted molar refractivity (Wildman–Crippen MR) is 103 cm³/mol. The largest absolute Gasteiger partial charge is 0.419 e. The lowest BCUT2D eigenvalue weighted by atomic mass is 9.93. The van der Waals surface area contributed by atoms with Crippen molar-refractivity contribution in [3.8, 4) is 0 Å². The Kier molecular flexibility index (Phi) is 5.67. The summed E-state index contributed by atoms with van der Waals surface area (Å²) in [7, 11) is 0. The number of hydrogen-bond donors (Lipinski definition) is 0. The van der Waals surface area contributed by atoms with Gasteiger partial charge in [0.05, 0.1) is 4.92 Å². The molecule has 1 aliphatic heterocycles. The summed E-state index contributed by atoms with van der Waals surface area (Å²) in [6.07, 6.45) is 5.01. The monoisotopic (exact) mass is 388 g/mol. The molecule has 8 heteroatoms. The molecule has 3 rings (SSSR count). The maximum Gasteiger partial charge on any atom is 0.348 e. The SMILES string of the molecule is CCN(CC)c1ccc([N+](=O)[O-])cc1C=C1C(=O)OC2(CCCCC2)OC1=O. The molecule has 8 nitrogen and oxygen atoms in total. The molecule has 2 aliphatic rings. The normalized spacial score (nSPS) is 18.4. The summed E-state index contributed by atoms with van der Waals surface area (Å²) in [6.45, 7) is 5.25. The third-order valence-electron chi connectivity index (χ3n) is 5.24. The first-order chi connectivity index (χ1) is 13.4. The van der Waals surface area contributed by atoms with Crippen molar-refractivity contribution in [2.45, 2.75) is 51.7 Å². The van der Waals surface area contributed by atoms with Crippen LogP contribution in [0.2, 0.25) is 0 Å². The average molecular weight is 388 g/mol. The van der Waals surface area contributed by atoms with Crippen molar-refractivity contribution in [3.63, 3.8) is 0 Å². The van der Waals surface area contributed by atoms with Gasteiger partial charge in [-0.25, -0.2) is 9.59 Å². The van der Waals surface area contributed by atoms with Gasteiger partial charge >= 0.3 is 11.9 Å². The van der Waals surface area contributed by atoms with Crippen LogP contribution in [0.4, 0.5) is 11.4 Å². The highest BCUT2D eigenvalue weighted by molar-refractivity contribution is 6.19. The van der Waals surface area contributed by atoms with E-state index >= 15 is 0 Å². The van der Waals surface area contributed by atoms with Crippen LogP contribution in [0.15, 0.2) is 23.8 Å². The number of benzene rings is 1. The first-order valence-corrected chi connectivity index (χ1v) is 9.61. The second-order valence-corrected chi connectivity index (χ2v) is 6.98. The number of anilines is 1. The Morgan fingerprint density at radius 3 is 2.25 bits per heavy atom. The molecule has 28 heavy (non-hydrogen) atoms. The van der Waals surface area contributed by atoms with Crippen LogP contribution in [0, 0.1) is 10.1 Å². The van der Waals surface area contributed by atoms with Gasteiger partial charge in [0.2, 0.25) is 0 Å². The molecule has 0 amide bonds. The standard InChI is InChI=1S/C20H24N2O6/c1-3-21(4-2)17-9-8-15(22(25)26)12-14(17)13-16-18(23)27-20(28-19(16)24)10-6-5-7-11-20/h8-9,12-13H,3-7,10-11H2,1-2H3. The van der Waals surface area contributed by atoms with Gasteiger partial charge in [-0.1, -0.05) is 6.42 Å². The molecule has 1 saturated carbocycles. The van der Waals surface area contributed by atoms with Crippen molar-refractivity contribution in [3.05, 3.63) is 39.4 Å². The Labute approximate surface area is 163 Å². The number of nitro benzene ring substituents is 1. The van der Waals surface area contributed by atoms with E-state index in [0.29, 0.717) is 37.2 Å². The minimum Gasteiger partial charge on any atom is -0.419 e. The fourth-order valence-corrected chi connectivity index (χ4v) is 3.74. The first kappa shape index (κ1) is 19.9. The zero-order valence-electron chi connectivity index (χ0n) is 16.1. The molecule has 2 fully saturated rings. The smallest absolute Gasteiger partial charge is 0.348 e. The van der Waals surface area contributed by atoms with Gasteiger partial charge in [-0.05, 0) is 38.8 Å². The van der Waals surface area contributed by atoms with Gasteiger partial charge in [-0.3, -0.25) is 10.1 Å². The Balaban J connectivity index is 1.99. The average Bonchev–Trinajstić information content (AvgIpc) is 2.67. The van der Waals surface area contributed by atoms with Gasteiger partial charge in [0.25, 0.3) is 11.5 Å². The molecule has 0 aromatic heterocycles. The van der Waals surface area contributed by atoms with Crippen molar-refractivity contribution >= 4 is 29.4 Å². The fraction of sp³-hybridized carbons (Fsp3) is 0.500. The predicted octanol–water partition coefficient (Wildman–Crippen LogP) is 3.58. The number of nitro groups is 1. The Hall–Kier alpha value is -2.90. The van der Waals surface area contributed by atoms with Crippen molar-refractivity contribution in [2.75, 3.05) is 18.0 Å². The highest BCUT2D eigenvalue weighted by Crippen LogP contribution is 2.38. The summed E-state index contributed by atoms with van der Waals surface area (Å²) < 4.78 is 11.0. The number of carbonyl (C=O) groups is 2. The molecular formula is C20H24N2O6. The molecule has 0 radical (unpaired) electrons. The van der Waals surface area contributed by atoms with E-state index in [1.807, 2.05) is 18.7 Å². The number of nitrogens with zero attached hydrogens (tertiary/aromatic N) is 2. The summed E-state index contributed by atoms with van der Waals surface area (Å²) in [5.41, 5.74) is 0.734. The highest BCUT2D eigenvalue weighted by Gasteiger charge is 2.46. The molecule has 0 atom stereocenters. The first-order valence-electron chi connectivity index (χ1n) is 9.61. The van der Waals surface area contributed by atoms with Crippen LogP contribution in [0.25, 0.3) is 6.08 Å². The van der Waals surface area contributed by atoms with E-state index < -0.39 is 22.6 Å². The van der Waals surface area contributed by atoms with Crippen molar-refractivity contribution in [2.24, 2.45) is 0 Å². The zero-order valence-corrected chi connectivity index (χ0v) is 16.1. The maximum atomic E-state index is 12.6. The van der Waals surface area contributed by atoms with Gasteiger partial charge in [-0.15, -0.1) is 0 Å². The second kappa shape index (κ2) is 8.00. The molecule has 0 bridgehead atoms. The zero-order chi connectivity index (χ0) is 20.3. The third kappa shape index (κ3) is 3.85. The quantitative estimate of drug-likeness (QED) is 0.250. The Morgan fingerprint density at radius 2 is 1.71 bits per heavy atom. The summed E-state index contributed by atoms with van der Waals surface area (Å²) in [5.74, 6) is -2.64. The lowest BCUT2D eigenvalue weighted by molar-refractivity contribution is -0.384. The minimum atomic E-state index is -1.16. The van der Waals surface area contributed by atoms with Crippen molar-refractivity contribution < 1.29 is 24.0 Å². The molecule has 1 aliphatic carbocycles. The number of ether oxygens (including phenoxy) is 2. The molecule has 1 aromatic rings. The number of esters is 2. The van der Waals surface area contributed by atoms with E-state index in [1.165, 1.54) is 18.2 Å². The van der Waals surface area contributed by atoms with E-state index in [0.717, 1.165) is 19.3 Å². The molecule has 1 aromatic carbocycles. The number of non-ortho nitro benzene ring substituents is 1. The van der Waals surface area contributed by atoms with E-state index in [4.69, 9.17) is 9.47 Å². The van der Waals surface area contributed by atoms with Crippen LogP contribution in [0.1, 0.15) is 51.5 Å². The van der Waals surface area contributed by atoms with Crippen LogP contribution in [-0.2, 0) is 19.1 Å². The maximum absolute atomic E-state index is 12.6. The topological polar surface area (TPSA) is 99.0 Å². The molecule has 0 unspecified atom stereocenters. The third-order valence-corrected chi connectivity index (χ3v) is 5.24.